The summed E-state index contributed by atoms with van der Waals surface area (Å²) in [4.78, 5) is 2.55. The lowest BCUT2D eigenvalue weighted by atomic mass is 10.0. The summed E-state index contributed by atoms with van der Waals surface area (Å²) >= 11 is 1.78. The minimum Gasteiger partial charge on any atom is -0.192 e. The minimum absolute atomic E-state index is 0.746. The van der Waals surface area contributed by atoms with Crippen molar-refractivity contribution in [1.82, 2.24) is 0 Å². The Morgan fingerprint density at radius 1 is 0.941 bits per heavy atom. The van der Waals surface area contributed by atoms with Crippen LogP contribution in [0.3, 0.4) is 0 Å². The summed E-state index contributed by atoms with van der Waals surface area (Å²) < 4.78 is 0. The molecule has 1 aliphatic rings. The molecule has 82 valence electrons. The molecule has 17 heavy (non-hydrogen) atoms. The van der Waals surface area contributed by atoms with Gasteiger partial charge in [0.25, 0.3) is 0 Å². The van der Waals surface area contributed by atoms with Crippen LogP contribution < -0.4 is 0 Å². The second-order valence-corrected chi connectivity index (χ2v) is 5.23. The Balaban J connectivity index is 2.09. The molecule has 1 aliphatic heterocycles. The van der Waals surface area contributed by atoms with E-state index in [0.717, 1.165) is 18.4 Å². The molecule has 0 spiro atoms. The molecule has 0 saturated carbocycles. The van der Waals surface area contributed by atoms with Crippen LogP contribution in [0.5, 0.6) is 0 Å². The lowest BCUT2D eigenvalue weighted by molar-refractivity contribution is 0.927. The molecule has 0 fully saturated rings. The fourth-order valence-electron chi connectivity index (χ4n) is 2.12. The van der Waals surface area contributed by atoms with Gasteiger partial charge in [-0.3, -0.25) is 0 Å². The Morgan fingerprint density at radius 2 is 1.71 bits per heavy atom. The van der Waals surface area contributed by atoms with Crippen molar-refractivity contribution in [3.05, 3.63) is 59.2 Å². The monoisotopic (exact) mass is 237 g/mol. The van der Waals surface area contributed by atoms with Crippen LogP contribution in [0.1, 0.15) is 16.7 Å². The third-order valence-corrected chi connectivity index (χ3v) is 4.27. The van der Waals surface area contributed by atoms with Crippen molar-refractivity contribution in [3.8, 4) is 6.07 Å². The lowest BCUT2D eigenvalue weighted by Crippen LogP contribution is -1.90. The molecular formula is C15H11NS. The first kappa shape index (κ1) is 10.4. The number of aryl methyl sites for hydroxylation is 2. The lowest BCUT2D eigenvalue weighted by Gasteiger charge is -2.05. The van der Waals surface area contributed by atoms with E-state index in [1.54, 1.807) is 11.8 Å². The van der Waals surface area contributed by atoms with Gasteiger partial charge in [0.15, 0.2) is 0 Å². The van der Waals surface area contributed by atoms with Gasteiger partial charge in [-0.2, -0.15) is 5.26 Å². The predicted octanol–water partition coefficient (Wildman–Crippen LogP) is 3.81. The summed E-state index contributed by atoms with van der Waals surface area (Å²) in [5.41, 5.74) is 3.51. The smallest absolute Gasteiger partial charge is 0.0992 e. The molecule has 3 rings (SSSR count). The Labute approximate surface area is 105 Å². The average Bonchev–Trinajstić information content (AvgIpc) is 2.56. The summed E-state index contributed by atoms with van der Waals surface area (Å²) in [5.74, 6) is 0. The van der Waals surface area contributed by atoms with Gasteiger partial charge >= 0.3 is 0 Å². The second-order valence-electron chi connectivity index (χ2n) is 4.14. The summed E-state index contributed by atoms with van der Waals surface area (Å²) in [7, 11) is 0. The molecule has 0 aliphatic carbocycles. The minimum atomic E-state index is 0.746. The number of hydrogen-bond acceptors (Lipinski definition) is 2. The molecule has 0 atom stereocenters. The maximum absolute atomic E-state index is 8.95. The van der Waals surface area contributed by atoms with Crippen LogP contribution >= 0.6 is 11.8 Å². The van der Waals surface area contributed by atoms with Crippen molar-refractivity contribution in [3.63, 3.8) is 0 Å². The van der Waals surface area contributed by atoms with E-state index in [2.05, 4.69) is 36.4 Å². The second kappa shape index (κ2) is 4.27. The highest BCUT2D eigenvalue weighted by Crippen LogP contribution is 2.37. The molecule has 0 N–H and O–H groups in total. The highest BCUT2D eigenvalue weighted by molar-refractivity contribution is 7.99. The topological polar surface area (TPSA) is 23.8 Å². The zero-order chi connectivity index (χ0) is 11.7. The molecule has 2 aromatic rings. The number of benzene rings is 2. The van der Waals surface area contributed by atoms with Gasteiger partial charge in [-0.1, -0.05) is 36.0 Å². The standard InChI is InChI=1S/C15H11NS/c16-10-11-5-6-13-8-7-12-3-1-2-4-14(12)17-15(13)9-11/h1-6,9H,7-8H2. The molecule has 0 unspecified atom stereocenters. The molecule has 0 radical (unpaired) electrons. The van der Waals surface area contributed by atoms with Crippen LogP contribution in [0.15, 0.2) is 52.3 Å². The Morgan fingerprint density at radius 3 is 2.53 bits per heavy atom. The van der Waals surface area contributed by atoms with Crippen LogP contribution in [0.2, 0.25) is 0 Å². The molecule has 1 nitrogen and oxygen atoms in total. The van der Waals surface area contributed by atoms with Crippen LogP contribution in [0.25, 0.3) is 0 Å². The highest BCUT2D eigenvalue weighted by Gasteiger charge is 2.13. The Hall–Kier alpha value is -1.72. The van der Waals surface area contributed by atoms with E-state index in [1.807, 2.05) is 12.1 Å². The fourth-order valence-corrected chi connectivity index (χ4v) is 3.30. The van der Waals surface area contributed by atoms with E-state index in [9.17, 15) is 0 Å². The molecule has 0 aromatic heterocycles. The van der Waals surface area contributed by atoms with Gasteiger partial charge in [-0.05, 0) is 42.2 Å². The maximum Gasteiger partial charge on any atom is 0.0992 e. The van der Waals surface area contributed by atoms with Gasteiger partial charge in [-0.15, -0.1) is 0 Å². The third kappa shape index (κ3) is 1.94. The SMILES string of the molecule is N#Cc1ccc2c(c1)Sc1ccccc1CC2. The summed E-state index contributed by atoms with van der Waals surface area (Å²) in [6.45, 7) is 0. The number of nitriles is 1. The van der Waals surface area contributed by atoms with Crippen LogP contribution in [-0.4, -0.2) is 0 Å². The predicted molar refractivity (Wildman–Crippen MR) is 69.1 cm³/mol. The van der Waals surface area contributed by atoms with Gasteiger partial charge in [0.05, 0.1) is 11.6 Å². The van der Waals surface area contributed by atoms with Gasteiger partial charge in [0.2, 0.25) is 0 Å². The van der Waals surface area contributed by atoms with E-state index in [1.165, 1.54) is 20.9 Å². The van der Waals surface area contributed by atoms with E-state index >= 15 is 0 Å². The Bertz CT molecular complexity index is 611. The highest BCUT2D eigenvalue weighted by atomic mass is 32.2. The van der Waals surface area contributed by atoms with E-state index < -0.39 is 0 Å². The first-order chi connectivity index (χ1) is 8.36. The van der Waals surface area contributed by atoms with Crippen molar-refractivity contribution in [2.45, 2.75) is 22.6 Å². The summed E-state index contributed by atoms with van der Waals surface area (Å²) in [6.07, 6.45) is 2.15. The fraction of sp³-hybridized carbons (Fsp3) is 0.133. The van der Waals surface area contributed by atoms with Crippen molar-refractivity contribution >= 4 is 11.8 Å². The van der Waals surface area contributed by atoms with E-state index in [0.29, 0.717) is 0 Å². The molecule has 0 amide bonds. The molecule has 0 bridgehead atoms. The van der Waals surface area contributed by atoms with Gasteiger partial charge in [-0.25, -0.2) is 0 Å². The van der Waals surface area contributed by atoms with Crippen molar-refractivity contribution in [1.29, 1.82) is 5.26 Å². The van der Waals surface area contributed by atoms with E-state index in [-0.39, 0.29) is 0 Å². The zero-order valence-electron chi connectivity index (χ0n) is 9.31. The van der Waals surface area contributed by atoms with Crippen molar-refractivity contribution < 1.29 is 0 Å². The number of fused-ring (bicyclic) bond motifs is 2. The first-order valence-corrected chi connectivity index (χ1v) is 6.47. The van der Waals surface area contributed by atoms with Crippen molar-refractivity contribution in [2.75, 3.05) is 0 Å². The van der Waals surface area contributed by atoms with E-state index in [4.69, 9.17) is 5.26 Å². The number of nitrogens with zero attached hydrogens (tertiary/aromatic N) is 1. The average molecular weight is 237 g/mol. The molecular weight excluding hydrogens is 226 g/mol. The summed E-state index contributed by atoms with van der Waals surface area (Å²) in [5, 5.41) is 8.95. The molecule has 0 saturated heterocycles. The largest absolute Gasteiger partial charge is 0.192 e. The maximum atomic E-state index is 8.95. The zero-order valence-corrected chi connectivity index (χ0v) is 10.1. The van der Waals surface area contributed by atoms with Gasteiger partial charge in [0, 0.05) is 9.79 Å². The van der Waals surface area contributed by atoms with Crippen molar-refractivity contribution in [2.24, 2.45) is 0 Å². The number of rotatable bonds is 0. The summed E-state index contributed by atoms with van der Waals surface area (Å²) in [6, 6.07) is 16.7. The first-order valence-electron chi connectivity index (χ1n) is 5.65. The van der Waals surface area contributed by atoms with Crippen LogP contribution in [0.4, 0.5) is 0 Å². The van der Waals surface area contributed by atoms with Gasteiger partial charge < -0.3 is 0 Å². The quantitative estimate of drug-likeness (QED) is 0.695. The normalized spacial score (nSPS) is 13.1. The van der Waals surface area contributed by atoms with Crippen LogP contribution in [-0.2, 0) is 12.8 Å². The molecule has 2 heteroatoms. The molecule has 1 heterocycles. The third-order valence-electron chi connectivity index (χ3n) is 3.05. The van der Waals surface area contributed by atoms with Gasteiger partial charge in [0.1, 0.15) is 0 Å². The molecule has 2 aromatic carbocycles. The number of hydrogen-bond donors (Lipinski definition) is 0. The van der Waals surface area contributed by atoms with Crippen LogP contribution in [0, 0.1) is 11.3 Å². The Kier molecular flexibility index (Phi) is 2.62.